The molecule has 0 aliphatic rings. The van der Waals surface area contributed by atoms with Crippen LogP contribution in [-0.4, -0.2) is 25.7 Å². The summed E-state index contributed by atoms with van der Waals surface area (Å²) in [6, 6.07) is 29.6. The van der Waals surface area contributed by atoms with E-state index in [0.29, 0.717) is 11.3 Å². The van der Waals surface area contributed by atoms with E-state index in [4.69, 9.17) is 14.2 Å². The molecule has 0 radical (unpaired) electrons. The van der Waals surface area contributed by atoms with Crippen molar-refractivity contribution in [2.45, 2.75) is 26.4 Å². The Morgan fingerprint density at radius 2 is 1.42 bits per heavy atom. The number of ether oxygens (including phenoxy) is 3. The predicted octanol–water partition coefficient (Wildman–Crippen LogP) is 7.68. The third-order valence-corrected chi connectivity index (χ3v) is 8.91. The Labute approximate surface area is 224 Å². The summed E-state index contributed by atoms with van der Waals surface area (Å²) in [5.41, 5.74) is 1.48. The Bertz CT molecular complexity index is 1590. The Kier molecular flexibility index (Phi) is 6.91. The number of methoxy groups -OCH3 is 1. The summed E-state index contributed by atoms with van der Waals surface area (Å²) < 4.78 is 19.1. The third kappa shape index (κ3) is 4.87. The van der Waals surface area contributed by atoms with Gasteiger partial charge in [-0.3, -0.25) is 0 Å². The number of carbonyl (C=O) groups is 2. The highest BCUT2D eigenvalue weighted by Gasteiger charge is 2.29. The van der Waals surface area contributed by atoms with Crippen molar-refractivity contribution in [2.24, 2.45) is 0 Å². The van der Waals surface area contributed by atoms with Crippen molar-refractivity contribution in [2.75, 3.05) is 13.7 Å². The van der Waals surface area contributed by atoms with Crippen molar-refractivity contribution in [3.63, 3.8) is 0 Å². The maximum atomic E-state index is 13.0. The Morgan fingerprint density at radius 1 is 0.816 bits per heavy atom. The van der Waals surface area contributed by atoms with Gasteiger partial charge in [0.15, 0.2) is 21.8 Å². The topological polar surface area (TPSA) is 61.8 Å². The van der Waals surface area contributed by atoms with E-state index >= 15 is 0 Å². The molecule has 38 heavy (non-hydrogen) atoms. The second-order valence-electron chi connectivity index (χ2n) is 9.59. The molecule has 0 bridgehead atoms. The summed E-state index contributed by atoms with van der Waals surface area (Å²) in [6.45, 7) is 5.14. The van der Waals surface area contributed by atoms with Crippen LogP contribution in [0.4, 0.5) is 0 Å². The molecule has 1 aromatic heterocycles. The first kappa shape index (κ1) is 25.5. The lowest BCUT2D eigenvalue weighted by Crippen LogP contribution is -2.28. The highest BCUT2D eigenvalue weighted by atomic mass is 32.2. The summed E-state index contributed by atoms with van der Waals surface area (Å²) in [5.74, 6) is -0.516. The molecule has 0 N–H and O–H groups in total. The van der Waals surface area contributed by atoms with Crippen LogP contribution in [0.25, 0.3) is 25.1 Å². The summed E-state index contributed by atoms with van der Waals surface area (Å²) in [5, 5.41) is 2.36. The lowest BCUT2D eigenvalue weighted by Gasteiger charge is -2.25. The zero-order valence-electron chi connectivity index (χ0n) is 21.8. The van der Waals surface area contributed by atoms with Crippen molar-refractivity contribution in [1.29, 1.82) is 0 Å². The van der Waals surface area contributed by atoms with Gasteiger partial charge in [0.2, 0.25) is 4.90 Å². The highest BCUT2D eigenvalue weighted by molar-refractivity contribution is 7.50. The fourth-order valence-corrected chi connectivity index (χ4v) is 7.12. The normalized spacial score (nSPS) is 11.5. The van der Waals surface area contributed by atoms with Crippen molar-refractivity contribution >= 4 is 42.6 Å². The number of rotatable bonds is 7. The number of hydrogen-bond acceptors (Lipinski definition) is 5. The van der Waals surface area contributed by atoms with Crippen molar-refractivity contribution in [3.8, 4) is 10.6 Å². The fourth-order valence-electron chi connectivity index (χ4n) is 4.59. The van der Waals surface area contributed by atoms with Crippen LogP contribution in [0.2, 0.25) is 0 Å². The molecule has 5 aromatic rings. The van der Waals surface area contributed by atoms with Crippen LogP contribution in [0.15, 0.2) is 91.0 Å². The highest BCUT2D eigenvalue weighted by Crippen LogP contribution is 2.51. The van der Waals surface area contributed by atoms with Gasteiger partial charge in [-0.2, -0.15) is 0 Å². The molecule has 0 fully saturated rings. The number of fused-ring (bicyclic) bond motifs is 3. The van der Waals surface area contributed by atoms with Crippen molar-refractivity contribution in [3.05, 3.63) is 108 Å². The van der Waals surface area contributed by atoms with Crippen LogP contribution in [0.3, 0.4) is 0 Å². The number of aryl methyl sites for hydroxylation is 1. The molecule has 6 heteroatoms. The van der Waals surface area contributed by atoms with E-state index in [-0.39, 0.29) is 0 Å². The van der Waals surface area contributed by atoms with E-state index in [0.717, 1.165) is 16.0 Å². The average molecular weight is 526 g/mol. The third-order valence-electron chi connectivity index (χ3n) is 6.56. The predicted molar refractivity (Wildman–Crippen MR) is 152 cm³/mol. The van der Waals surface area contributed by atoms with Gasteiger partial charge in [0.05, 0.1) is 12.7 Å². The molecule has 5 rings (SSSR count). The largest absolute Gasteiger partial charge is 0.491 e. The lowest BCUT2D eigenvalue weighted by atomic mass is 9.97. The van der Waals surface area contributed by atoms with Gasteiger partial charge in [0, 0.05) is 27.3 Å². The number of benzene rings is 4. The molecule has 4 aromatic carbocycles. The van der Waals surface area contributed by atoms with Gasteiger partial charge in [-0.05, 0) is 62.7 Å². The van der Waals surface area contributed by atoms with Crippen LogP contribution in [0.1, 0.15) is 35.3 Å². The van der Waals surface area contributed by atoms with E-state index in [1.165, 1.54) is 20.2 Å². The maximum absolute atomic E-state index is 13.0. The van der Waals surface area contributed by atoms with Gasteiger partial charge in [-0.25, -0.2) is 9.59 Å². The molecule has 0 aliphatic heterocycles. The number of thiophene rings is 1. The summed E-state index contributed by atoms with van der Waals surface area (Å²) >= 11 is 0. The van der Waals surface area contributed by atoms with E-state index in [9.17, 15) is 9.59 Å². The molecular formula is C32H29O5S+. The molecule has 0 amide bonds. The Morgan fingerprint density at radius 3 is 2.03 bits per heavy atom. The van der Waals surface area contributed by atoms with E-state index in [1.54, 1.807) is 19.2 Å². The summed E-state index contributed by atoms with van der Waals surface area (Å²) in [4.78, 5) is 26.5. The Hall–Kier alpha value is -4.16. The van der Waals surface area contributed by atoms with Crippen molar-refractivity contribution in [1.82, 2.24) is 0 Å². The second-order valence-corrected chi connectivity index (χ2v) is 11.5. The molecule has 0 saturated carbocycles. The fraction of sp³-hybridized carbons (Fsp3) is 0.188. The first-order valence-electron chi connectivity index (χ1n) is 12.4. The monoisotopic (exact) mass is 525 g/mol. The molecule has 0 spiro atoms. The van der Waals surface area contributed by atoms with Gasteiger partial charge >= 0.3 is 11.9 Å². The van der Waals surface area contributed by atoms with Gasteiger partial charge in [0.25, 0.3) is 0 Å². The van der Waals surface area contributed by atoms with Crippen LogP contribution >= 0.6 is 10.5 Å². The minimum atomic E-state index is -0.852. The SMILES string of the molecule is COc1ccc(C(=O)OCC(=O)OC(C)(C)c2ccc(C)cc2)cc1-[s+]1c2ccccc2c2ccccc21. The van der Waals surface area contributed by atoms with Crippen molar-refractivity contribution < 1.29 is 23.8 Å². The van der Waals surface area contributed by atoms with E-state index in [1.807, 2.05) is 75.4 Å². The molecule has 1 heterocycles. The first-order chi connectivity index (χ1) is 18.3. The van der Waals surface area contributed by atoms with Crippen LogP contribution < -0.4 is 4.74 Å². The van der Waals surface area contributed by atoms with E-state index in [2.05, 4.69) is 24.3 Å². The van der Waals surface area contributed by atoms with Gasteiger partial charge in [-0.15, -0.1) is 0 Å². The van der Waals surface area contributed by atoms with Crippen LogP contribution in [-0.2, 0) is 19.9 Å². The van der Waals surface area contributed by atoms with Gasteiger partial charge < -0.3 is 14.2 Å². The lowest BCUT2D eigenvalue weighted by molar-refractivity contribution is -0.161. The van der Waals surface area contributed by atoms with Crippen LogP contribution in [0.5, 0.6) is 5.75 Å². The minimum Gasteiger partial charge on any atom is -0.491 e. The first-order valence-corrected chi connectivity index (χ1v) is 13.6. The number of carbonyl (C=O) groups excluding carboxylic acids is 2. The Balaban J connectivity index is 1.40. The smallest absolute Gasteiger partial charge is 0.345 e. The standard InChI is InChI=1S/C32H29O5S/c1-21-13-16-23(17-14-21)32(2,3)37-30(33)20-36-31(34)22-15-18-26(35-4)29(19-22)38-27-11-7-5-9-24(27)25-10-6-8-12-28(25)38/h5-19H,20H2,1-4H3/q+1. The van der Waals surface area contributed by atoms with Crippen LogP contribution in [0, 0.1) is 6.92 Å². The second kappa shape index (κ2) is 10.3. The average Bonchev–Trinajstić information content (AvgIpc) is 3.25. The molecule has 192 valence electrons. The minimum absolute atomic E-state index is 0.348. The van der Waals surface area contributed by atoms with Gasteiger partial charge in [-0.1, -0.05) is 54.1 Å². The quantitative estimate of drug-likeness (QED) is 0.161. The van der Waals surface area contributed by atoms with Gasteiger partial charge in [0.1, 0.15) is 5.60 Å². The molecule has 0 saturated heterocycles. The number of hydrogen-bond donors (Lipinski definition) is 0. The molecular weight excluding hydrogens is 496 g/mol. The zero-order valence-corrected chi connectivity index (χ0v) is 22.6. The zero-order chi connectivity index (χ0) is 26.9. The molecule has 0 unspecified atom stereocenters. The number of esters is 2. The molecule has 0 aliphatic carbocycles. The summed E-state index contributed by atoms with van der Waals surface area (Å²) in [6.07, 6.45) is 0. The van der Waals surface area contributed by atoms with E-state index < -0.39 is 34.6 Å². The molecule has 0 atom stereocenters. The summed E-state index contributed by atoms with van der Waals surface area (Å²) in [7, 11) is 1.17. The molecule has 5 nitrogen and oxygen atoms in total. The maximum Gasteiger partial charge on any atom is 0.345 e.